The molecule has 0 saturated carbocycles. The Morgan fingerprint density at radius 2 is 2.05 bits per heavy atom. The van der Waals surface area contributed by atoms with Gasteiger partial charge in [0.1, 0.15) is 0 Å². The van der Waals surface area contributed by atoms with E-state index in [2.05, 4.69) is 15.9 Å². The Labute approximate surface area is 129 Å². The molecule has 20 heavy (non-hydrogen) atoms. The van der Waals surface area contributed by atoms with Crippen LogP contribution in [0.4, 0.5) is 0 Å². The van der Waals surface area contributed by atoms with Crippen LogP contribution < -0.4 is 0 Å². The predicted molar refractivity (Wildman–Crippen MR) is 83.7 cm³/mol. The highest BCUT2D eigenvalue weighted by Gasteiger charge is 2.32. The molecule has 1 aromatic rings. The van der Waals surface area contributed by atoms with Gasteiger partial charge in [0, 0.05) is 18.4 Å². The molecule has 2 aliphatic rings. The minimum absolute atomic E-state index is 0.484. The summed E-state index contributed by atoms with van der Waals surface area (Å²) >= 11 is 3.44. The maximum atomic E-state index is 12.7. The third-order valence-corrected chi connectivity index (χ3v) is 6.79. The zero-order valence-electron chi connectivity index (χ0n) is 11.5. The van der Waals surface area contributed by atoms with Crippen LogP contribution in [-0.4, -0.2) is 31.1 Å². The minimum Gasteiger partial charge on any atom is -0.207 e. The molecule has 1 aliphatic carbocycles. The van der Waals surface area contributed by atoms with Gasteiger partial charge in [-0.25, -0.2) is 8.42 Å². The van der Waals surface area contributed by atoms with Crippen LogP contribution in [0.25, 0.3) is 0 Å². The van der Waals surface area contributed by atoms with Gasteiger partial charge in [-0.05, 0) is 61.3 Å². The van der Waals surface area contributed by atoms with E-state index >= 15 is 0 Å². The first-order valence-corrected chi connectivity index (χ1v) is 9.85. The van der Waals surface area contributed by atoms with Gasteiger partial charge in [-0.1, -0.05) is 22.0 Å². The monoisotopic (exact) mass is 357 g/mol. The van der Waals surface area contributed by atoms with Crippen LogP contribution in [-0.2, 0) is 22.9 Å². The normalized spacial score (nSPS) is 23.1. The number of hydrogen-bond donors (Lipinski definition) is 0. The molecule has 1 aliphatic heterocycles. The SMILES string of the molecule is O=S(=O)(c1ccc2c(c1)CCC2)N1CCC(CCBr)C1. The van der Waals surface area contributed by atoms with Crippen molar-refractivity contribution < 1.29 is 8.42 Å². The molecule has 0 aromatic heterocycles. The molecule has 1 aromatic carbocycles. The Bertz CT molecular complexity index is 600. The van der Waals surface area contributed by atoms with Gasteiger partial charge >= 0.3 is 0 Å². The van der Waals surface area contributed by atoms with Crippen molar-refractivity contribution in [3.05, 3.63) is 29.3 Å². The fraction of sp³-hybridized carbons (Fsp3) is 0.600. The average Bonchev–Trinajstić information content (AvgIpc) is 3.06. The summed E-state index contributed by atoms with van der Waals surface area (Å²) in [6.07, 6.45) is 5.29. The minimum atomic E-state index is -3.29. The molecule has 3 rings (SSSR count). The van der Waals surface area contributed by atoms with Gasteiger partial charge in [-0.2, -0.15) is 4.31 Å². The largest absolute Gasteiger partial charge is 0.243 e. The molecule has 3 nitrogen and oxygen atoms in total. The molecular weight excluding hydrogens is 338 g/mol. The van der Waals surface area contributed by atoms with E-state index in [1.807, 2.05) is 12.1 Å². The van der Waals surface area contributed by atoms with Gasteiger partial charge in [0.05, 0.1) is 4.90 Å². The highest BCUT2D eigenvalue weighted by atomic mass is 79.9. The molecule has 0 N–H and O–H groups in total. The number of benzene rings is 1. The Kier molecular flexibility index (Phi) is 4.20. The van der Waals surface area contributed by atoms with E-state index in [0.717, 1.165) is 37.4 Å². The number of nitrogens with zero attached hydrogens (tertiary/aromatic N) is 1. The van der Waals surface area contributed by atoms with Crippen molar-refractivity contribution >= 4 is 26.0 Å². The van der Waals surface area contributed by atoms with Gasteiger partial charge in [0.2, 0.25) is 10.0 Å². The van der Waals surface area contributed by atoms with Crippen molar-refractivity contribution in [1.29, 1.82) is 0 Å². The van der Waals surface area contributed by atoms with Crippen LogP contribution in [0.15, 0.2) is 23.1 Å². The van der Waals surface area contributed by atoms with E-state index in [1.165, 1.54) is 11.1 Å². The topological polar surface area (TPSA) is 37.4 Å². The zero-order valence-corrected chi connectivity index (χ0v) is 13.9. The number of alkyl halides is 1. The fourth-order valence-electron chi connectivity index (χ4n) is 3.26. The summed E-state index contributed by atoms with van der Waals surface area (Å²) < 4.78 is 27.1. The van der Waals surface area contributed by atoms with Gasteiger partial charge in [-0.15, -0.1) is 0 Å². The molecule has 5 heteroatoms. The molecule has 110 valence electrons. The van der Waals surface area contributed by atoms with Crippen molar-refractivity contribution in [3.8, 4) is 0 Å². The van der Waals surface area contributed by atoms with Crippen molar-refractivity contribution in [2.75, 3.05) is 18.4 Å². The standard InChI is InChI=1S/C15H20BrNO2S/c16-8-6-12-7-9-17(11-12)20(18,19)15-5-4-13-2-1-3-14(13)10-15/h4-5,10,12H,1-3,6-9,11H2. The quantitative estimate of drug-likeness (QED) is 0.776. The Morgan fingerprint density at radius 3 is 2.85 bits per heavy atom. The first-order valence-electron chi connectivity index (χ1n) is 7.29. The third kappa shape index (κ3) is 2.68. The van der Waals surface area contributed by atoms with Crippen LogP contribution in [0.2, 0.25) is 0 Å². The number of aryl methyl sites for hydroxylation is 2. The molecule has 0 amide bonds. The first-order chi connectivity index (χ1) is 9.61. The van der Waals surface area contributed by atoms with Gasteiger partial charge < -0.3 is 0 Å². The van der Waals surface area contributed by atoms with Gasteiger partial charge in [0.25, 0.3) is 0 Å². The van der Waals surface area contributed by atoms with Crippen molar-refractivity contribution in [2.24, 2.45) is 5.92 Å². The summed E-state index contributed by atoms with van der Waals surface area (Å²) in [4.78, 5) is 0.484. The number of sulfonamides is 1. The van der Waals surface area contributed by atoms with E-state index in [1.54, 1.807) is 10.4 Å². The van der Waals surface area contributed by atoms with Crippen LogP contribution in [0.5, 0.6) is 0 Å². The van der Waals surface area contributed by atoms with E-state index in [-0.39, 0.29) is 0 Å². The molecule has 1 fully saturated rings. The smallest absolute Gasteiger partial charge is 0.207 e. The van der Waals surface area contributed by atoms with E-state index in [4.69, 9.17) is 0 Å². The summed E-state index contributed by atoms with van der Waals surface area (Å²) in [5.41, 5.74) is 2.55. The second-order valence-corrected chi connectivity index (χ2v) is 8.51. The lowest BCUT2D eigenvalue weighted by Crippen LogP contribution is -2.29. The van der Waals surface area contributed by atoms with Crippen molar-refractivity contribution in [1.82, 2.24) is 4.31 Å². The van der Waals surface area contributed by atoms with E-state index in [9.17, 15) is 8.42 Å². The second-order valence-electron chi connectivity index (χ2n) is 5.78. The summed E-state index contributed by atoms with van der Waals surface area (Å²) in [6.45, 7) is 1.34. The third-order valence-electron chi connectivity index (χ3n) is 4.47. The lowest BCUT2D eigenvalue weighted by molar-refractivity contribution is 0.454. The molecule has 1 unspecified atom stereocenters. The molecule has 0 radical (unpaired) electrons. The number of fused-ring (bicyclic) bond motifs is 1. The van der Waals surface area contributed by atoms with E-state index < -0.39 is 10.0 Å². The molecular formula is C15H20BrNO2S. The maximum absolute atomic E-state index is 12.7. The summed E-state index contributed by atoms with van der Waals surface area (Å²) in [7, 11) is -3.29. The first kappa shape index (κ1) is 14.5. The summed E-state index contributed by atoms with van der Waals surface area (Å²) in [6, 6.07) is 5.69. The maximum Gasteiger partial charge on any atom is 0.243 e. The average molecular weight is 358 g/mol. The number of rotatable bonds is 4. The molecule has 0 spiro atoms. The van der Waals surface area contributed by atoms with Gasteiger partial charge in [-0.3, -0.25) is 0 Å². The summed E-state index contributed by atoms with van der Waals surface area (Å²) in [5, 5.41) is 0.949. The number of hydrogen-bond acceptors (Lipinski definition) is 2. The fourth-order valence-corrected chi connectivity index (χ4v) is 5.49. The van der Waals surface area contributed by atoms with Crippen LogP contribution in [0.3, 0.4) is 0 Å². The van der Waals surface area contributed by atoms with Crippen LogP contribution in [0, 0.1) is 5.92 Å². The molecule has 0 bridgehead atoms. The Hall–Kier alpha value is -0.390. The molecule has 1 saturated heterocycles. The zero-order chi connectivity index (χ0) is 14.2. The van der Waals surface area contributed by atoms with Gasteiger partial charge in [0.15, 0.2) is 0 Å². The predicted octanol–water partition coefficient (Wildman–Crippen LogP) is 2.97. The van der Waals surface area contributed by atoms with Crippen molar-refractivity contribution in [2.45, 2.75) is 37.0 Å². The van der Waals surface area contributed by atoms with Crippen LogP contribution >= 0.6 is 15.9 Å². The van der Waals surface area contributed by atoms with Crippen molar-refractivity contribution in [3.63, 3.8) is 0 Å². The highest BCUT2D eigenvalue weighted by Crippen LogP contribution is 2.29. The lowest BCUT2D eigenvalue weighted by Gasteiger charge is -2.17. The lowest BCUT2D eigenvalue weighted by atomic mass is 10.1. The highest BCUT2D eigenvalue weighted by molar-refractivity contribution is 9.09. The molecule has 1 heterocycles. The Morgan fingerprint density at radius 1 is 1.25 bits per heavy atom. The second kappa shape index (κ2) is 5.78. The molecule has 1 atom stereocenters. The Balaban J connectivity index is 1.82. The van der Waals surface area contributed by atoms with Crippen LogP contribution in [0.1, 0.15) is 30.4 Å². The number of halogens is 1. The summed E-state index contributed by atoms with van der Waals surface area (Å²) in [5.74, 6) is 0.499. The van der Waals surface area contributed by atoms with E-state index in [0.29, 0.717) is 23.9 Å².